The third kappa shape index (κ3) is 10.6. The number of imide groups is 2. The number of carboxylic acid groups (broad SMARTS) is 3. The molecule has 0 radical (unpaired) electrons. The summed E-state index contributed by atoms with van der Waals surface area (Å²) in [7, 11) is 0. The molecule has 2 aliphatic heterocycles. The van der Waals surface area contributed by atoms with Crippen LogP contribution in [0.5, 0.6) is 0 Å². The molecule has 1 saturated heterocycles. The maximum Gasteiger partial charge on any atom is 0.490 e. The van der Waals surface area contributed by atoms with Gasteiger partial charge in [0.1, 0.15) is 6.04 Å². The van der Waals surface area contributed by atoms with Gasteiger partial charge in [-0.05, 0) is 18.6 Å². The molecule has 40 heavy (non-hydrogen) atoms. The molecular weight excluding hydrogens is 587 g/mol. The van der Waals surface area contributed by atoms with Gasteiger partial charge in [-0.2, -0.15) is 39.5 Å². The van der Waals surface area contributed by atoms with Gasteiger partial charge < -0.3 is 15.3 Å². The van der Waals surface area contributed by atoms with Crippen molar-refractivity contribution >= 4 is 41.5 Å². The summed E-state index contributed by atoms with van der Waals surface area (Å²) in [6, 6.07) is 5.55. The first kappa shape index (κ1) is 35.3. The Kier molecular flexibility index (Phi) is 11.8. The number of nitrogens with zero attached hydrogens (tertiary/aromatic N) is 1. The molecule has 12 nitrogen and oxygen atoms in total. The highest BCUT2D eigenvalue weighted by Gasteiger charge is 2.44. The molecule has 0 aromatic heterocycles. The van der Waals surface area contributed by atoms with Crippen LogP contribution in [0, 0.1) is 0 Å². The van der Waals surface area contributed by atoms with Gasteiger partial charge in [0.2, 0.25) is 11.8 Å². The van der Waals surface area contributed by atoms with E-state index in [0.717, 1.165) is 4.90 Å². The predicted octanol–water partition coefficient (Wildman–Crippen LogP) is 1.99. The summed E-state index contributed by atoms with van der Waals surface area (Å²) < 4.78 is 95.2. The Morgan fingerprint density at radius 2 is 1.00 bits per heavy atom. The third-order valence-corrected chi connectivity index (χ3v) is 4.07. The number of piperidine rings is 1. The SMILES string of the molecule is O=C(O)C(F)(F)F.O=C(O)C(F)(F)F.O=C(O)C(F)(F)F.O=C1CCC(N2C(=O)c3ccccc3C2=O)C(=O)N1. The normalized spacial score (nSPS) is 16.6. The molecule has 3 rings (SSSR count). The van der Waals surface area contributed by atoms with Crippen molar-refractivity contribution in [3.05, 3.63) is 35.4 Å². The molecule has 1 atom stereocenters. The minimum absolute atomic E-state index is 0.129. The van der Waals surface area contributed by atoms with Crippen LogP contribution in [0.4, 0.5) is 39.5 Å². The van der Waals surface area contributed by atoms with E-state index in [4.69, 9.17) is 29.7 Å². The second kappa shape index (κ2) is 13.4. The first-order valence-corrected chi connectivity index (χ1v) is 9.63. The number of hydrogen-bond donors (Lipinski definition) is 4. The van der Waals surface area contributed by atoms with Crippen LogP contribution in [-0.4, -0.2) is 86.3 Å². The van der Waals surface area contributed by atoms with Gasteiger partial charge in [0.15, 0.2) is 0 Å². The van der Waals surface area contributed by atoms with Crippen LogP contribution in [0.2, 0.25) is 0 Å². The van der Waals surface area contributed by atoms with E-state index in [1.807, 2.05) is 0 Å². The minimum atomic E-state index is -5.08. The molecule has 4 amide bonds. The summed E-state index contributed by atoms with van der Waals surface area (Å²) in [5.41, 5.74) is 0.606. The van der Waals surface area contributed by atoms with E-state index in [9.17, 15) is 58.7 Å². The topological polar surface area (TPSA) is 195 Å². The molecule has 1 aromatic rings. The van der Waals surface area contributed by atoms with Crippen molar-refractivity contribution in [2.45, 2.75) is 37.4 Å². The van der Waals surface area contributed by atoms with E-state index in [1.54, 1.807) is 24.3 Å². The fourth-order valence-electron chi connectivity index (χ4n) is 2.42. The lowest BCUT2D eigenvalue weighted by Crippen LogP contribution is -2.54. The van der Waals surface area contributed by atoms with Gasteiger partial charge in [0.05, 0.1) is 11.1 Å². The number of aliphatic carboxylic acids is 3. The molecule has 1 aromatic carbocycles. The monoisotopic (exact) mass is 600 g/mol. The number of carbonyl (C=O) groups is 7. The number of benzene rings is 1. The highest BCUT2D eigenvalue weighted by Crippen LogP contribution is 2.27. The average Bonchev–Trinajstić information content (AvgIpc) is 3.04. The first-order valence-electron chi connectivity index (χ1n) is 9.63. The molecule has 1 fully saturated rings. The fraction of sp³-hybridized carbons (Fsp3) is 0.316. The molecular formula is C19H13F9N2O10. The van der Waals surface area contributed by atoms with Crippen LogP contribution in [0.25, 0.3) is 0 Å². The van der Waals surface area contributed by atoms with Gasteiger partial charge in [0, 0.05) is 6.42 Å². The lowest BCUT2D eigenvalue weighted by molar-refractivity contribution is -0.193. The van der Waals surface area contributed by atoms with Gasteiger partial charge in [-0.25, -0.2) is 14.4 Å². The van der Waals surface area contributed by atoms with Crippen molar-refractivity contribution in [2.75, 3.05) is 0 Å². The summed E-state index contributed by atoms with van der Waals surface area (Å²) in [5, 5.41) is 23.5. The zero-order valence-corrected chi connectivity index (χ0v) is 18.8. The minimum Gasteiger partial charge on any atom is -0.475 e. The molecule has 222 valence electrons. The molecule has 4 N–H and O–H groups in total. The van der Waals surface area contributed by atoms with Crippen LogP contribution < -0.4 is 5.32 Å². The van der Waals surface area contributed by atoms with Crippen molar-refractivity contribution in [1.82, 2.24) is 10.2 Å². The number of halogens is 9. The number of fused-ring (bicyclic) bond motifs is 1. The van der Waals surface area contributed by atoms with Crippen molar-refractivity contribution < 1.29 is 88.4 Å². The van der Waals surface area contributed by atoms with Gasteiger partial charge >= 0.3 is 36.4 Å². The van der Waals surface area contributed by atoms with Crippen molar-refractivity contribution in [2.24, 2.45) is 0 Å². The second-order valence-electron chi connectivity index (χ2n) is 6.90. The lowest BCUT2D eigenvalue weighted by Gasteiger charge is -2.27. The van der Waals surface area contributed by atoms with Crippen LogP contribution in [0.1, 0.15) is 33.6 Å². The predicted molar refractivity (Wildman–Crippen MR) is 104 cm³/mol. The van der Waals surface area contributed by atoms with E-state index < -0.39 is 60.2 Å². The smallest absolute Gasteiger partial charge is 0.475 e. The molecule has 0 bridgehead atoms. The number of carbonyl (C=O) groups excluding carboxylic acids is 4. The van der Waals surface area contributed by atoms with E-state index in [0.29, 0.717) is 11.1 Å². The van der Waals surface area contributed by atoms with Crippen molar-refractivity contribution in [3.8, 4) is 0 Å². The molecule has 2 aliphatic rings. The fourth-order valence-corrected chi connectivity index (χ4v) is 2.42. The molecule has 2 heterocycles. The Labute approximate surface area is 213 Å². The zero-order chi connectivity index (χ0) is 31.8. The maximum absolute atomic E-state index is 12.2. The van der Waals surface area contributed by atoms with Crippen molar-refractivity contribution in [1.29, 1.82) is 0 Å². The Bertz CT molecular complexity index is 1080. The summed E-state index contributed by atoms with van der Waals surface area (Å²) in [6.45, 7) is 0. The number of nitrogens with one attached hydrogen (secondary N) is 1. The Morgan fingerprint density at radius 3 is 1.25 bits per heavy atom. The molecule has 0 spiro atoms. The number of amides is 4. The van der Waals surface area contributed by atoms with Gasteiger partial charge in [-0.15, -0.1) is 0 Å². The molecule has 0 aliphatic carbocycles. The first-order chi connectivity index (χ1) is 17.9. The molecule has 21 heteroatoms. The summed E-state index contributed by atoms with van der Waals surface area (Å²) in [4.78, 5) is 74.8. The number of rotatable bonds is 1. The third-order valence-electron chi connectivity index (χ3n) is 4.07. The van der Waals surface area contributed by atoms with E-state index in [2.05, 4.69) is 5.32 Å². The Balaban J connectivity index is 0.000000603. The van der Waals surface area contributed by atoms with Gasteiger partial charge in [-0.3, -0.25) is 29.4 Å². The van der Waals surface area contributed by atoms with Crippen LogP contribution in [0.15, 0.2) is 24.3 Å². The summed E-state index contributed by atoms with van der Waals surface area (Å²) in [5.74, 6) is -10.2. The quantitative estimate of drug-likeness (QED) is 0.273. The highest BCUT2D eigenvalue weighted by atomic mass is 19.4. The van der Waals surface area contributed by atoms with Gasteiger partial charge in [-0.1, -0.05) is 12.1 Å². The van der Waals surface area contributed by atoms with E-state index in [-0.39, 0.29) is 18.7 Å². The molecule has 1 unspecified atom stereocenters. The highest BCUT2D eigenvalue weighted by molar-refractivity contribution is 6.23. The van der Waals surface area contributed by atoms with Crippen molar-refractivity contribution in [3.63, 3.8) is 0 Å². The van der Waals surface area contributed by atoms with Crippen LogP contribution in [-0.2, 0) is 24.0 Å². The largest absolute Gasteiger partial charge is 0.490 e. The summed E-state index contributed by atoms with van der Waals surface area (Å²) >= 11 is 0. The lowest BCUT2D eigenvalue weighted by atomic mass is 10.0. The maximum atomic E-state index is 12.2. The van der Waals surface area contributed by atoms with E-state index in [1.165, 1.54) is 0 Å². The average molecular weight is 600 g/mol. The van der Waals surface area contributed by atoms with Gasteiger partial charge in [0.25, 0.3) is 11.8 Å². The van der Waals surface area contributed by atoms with E-state index >= 15 is 0 Å². The van der Waals surface area contributed by atoms with Crippen LogP contribution >= 0.6 is 0 Å². The Hall–Kier alpha value is -4.72. The second-order valence-corrected chi connectivity index (χ2v) is 6.90. The zero-order valence-electron chi connectivity index (χ0n) is 18.8. The summed E-state index contributed by atoms with van der Waals surface area (Å²) in [6.07, 6.45) is -14.9. The Morgan fingerprint density at radius 1 is 0.700 bits per heavy atom. The molecule has 0 saturated carbocycles. The number of alkyl halides is 9. The number of hydrogen-bond acceptors (Lipinski definition) is 7. The van der Waals surface area contributed by atoms with Crippen LogP contribution in [0.3, 0.4) is 0 Å². The number of carboxylic acids is 3. The standard InChI is InChI=1S/C13H10N2O4.3C2HF3O2/c16-10-6-5-9(11(17)14-10)15-12(18)7-3-1-2-4-8(7)13(15)19;3*3-2(4,5)1(6)7/h1-4,9H,5-6H2,(H,14,16,17);3*(H,6,7).